The Balaban J connectivity index is 2.05. The van der Waals surface area contributed by atoms with Gasteiger partial charge in [-0.25, -0.2) is 4.98 Å². The summed E-state index contributed by atoms with van der Waals surface area (Å²) in [4.78, 5) is 19.6. The molecule has 0 bridgehead atoms. The lowest BCUT2D eigenvalue weighted by atomic mass is 10.4. The molecule has 8 heteroatoms. The summed E-state index contributed by atoms with van der Waals surface area (Å²) in [7, 11) is 0. The average Bonchev–Trinajstić information content (AvgIpc) is 2.94. The third-order valence-corrected chi connectivity index (χ3v) is 4.23. The number of H-pyrrole nitrogens is 1. The highest BCUT2D eigenvalue weighted by atomic mass is 79.9. The Morgan fingerprint density at radius 2 is 2.28 bits per heavy atom. The van der Waals surface area contributed by atoms with Crippen molar-refractivity contribution in [3.8, 4) is 0 Å². The minimum Gasteiger partial charge on any atom is -0.306 e. The molecule has 90 valence electrons. The molecule has 0 spiro atoms. The van der Waals surface area contributed by atoms with Gasteiger partial charge in [-0.05, 0) is 45.7 Å². The molecule has 0 aliphatic rings. The number of hydrogen-bond donors (Lipinski definition) is 1. The molecule has 0 atom stereocenters. The van der Waals surface area contributed by atoms with Crippen LogP contribution in [-0.2, 0) is 0 Å². The molecule has 0 aromatic carbocycles. The highest BCUT2D eigenvalue weighted by molar-refractivity contribution is 9.11. The molecule has 0 saturated carbocycles. The lowest BCUT2D eigenvalue weighted by Gasteiger charge is -1.92. The Bertz CT molecular complexity index is 775. The predicted molar refractivity (Wildman–Crippen MR) is 76.8 cm³/mol. The molecule has 3 rings (SSSR count). The first-order valence-electron chi connectivity index (χ1n) is 4.87. The van der Waals surface area contributed by atoms with Crippen LogP contribution in [0.4, 0.5) is 0 Å². The second kappa shape index (κ2) is 4.71. The van der Waals surface area contributed by atoms with E-state index in [1.54, 1.807) is 18.2 Å². The number of hydrogen-bond acceptors (Lipinski definition) is 6. The summed E-state index contributed by atoms with van der Waals surface area (Å²) in [6, 6.07) is 1.77. The molecule has 18 heavy (non-hydrogen) atoms. The first-order valence-corrected chi connectivity index (χ1v) is 7.31. The zero-order valence-electron chi connectivity index (χ0n) is 8.75. The quantitative estimate of drug-likeness (QED) is 0.778. The molecule has 0 saturated heterocycles. The number of nitrogens with zero attached hydrogens (tertiary/aromatic N) is 3. The van der Waals surface area contributed by atoms with Gasteiger partial charge in [-0.3, -0.25) is 4.79 Å². The second-order valence-electron chi connectivity index (χ2n) is 3.38. The minimum atomic E-state index is -0.141. The van der Waals surface area contributed by atoms with E-state index in [1.807, 2.05) is 5.38 Å². The zero-order chi connectivity index (χ0) is 12.5. The molecule has 0 fully saturated rings. The number of rotatable bonds is 2. The van der Waals surface area contributed by atoms with Crippen molar-refractivity contribution in [1.29, 1.82) is 0 Å². The van der Waals surface area contributed by atoms with Crippen LogP contribution in [0.5, 0.6) is 0 Å². The Kier molecular flexibility index (Phi) is 3.06. The highest BCUT2D eigenvalue weighted by Crippen LogP contribution is 2.25. The van der Waals surface area contributed by atoms with E-state index in [0.29, 0.717) is 16.0 Å². The van der Waals surface area contributed by atoms with Crippen molar-refractivity contribution in [3.05, 3.63) is 37.1 Å². The van der Waals surface area contributed by atoms with Gasteiger partial charge in [-0.1, -0.05) is 4.49 Å². The minimum absolute atomic E-state index is 0.141. The van der Waals surface area contributed by atoms with E-state index in [4.69, 9.17) is 0 Å². The molecule has 3 aromatic rings. The lowest BCUT2D eigenvalue weighted by molar-refractivity contribution is 1.13. The van der Waals surface area contributed by atoms with Crippen molar-refractivity contribution in [2.24, 2.45) is 0 Å². The fourth-order valence-corrected chi connectivity index (χ4v) is 3.28. The fourth-order valence-electron chi connectivity index (χ4n) is 1.41. The molecular weight excluding hydrogens is 336 g/mol. The summed E-state index contributed by atoms with van der Waals surface area (Å²) in [6.07, 6.45) is 3.47. The Labute approximate surface area is 118 Å². The first-order chi connectivity index (χ1) is 8.72. The van der Waals surface area contributed by atoms with Gasteiger partial charge < -0.3 is 4.98 Å². The van der Waals surface area contributed by atoms with Crippen LogP contribution in [0.25, 0.3) is 22.4 Å². The van der Waals surface area contributed by atoms with E-state index in [9.17, 15) is 4.79 Å². The van der Waals surface area contributed by atoms with Crippen LogP contribution in [0, 0.1) is 0 Å². The van der Waals surface area contributed by atoms with E-state index in [2.05, 4.69) is 35.5 Å². The molecule has 0 aliphatic heterocycles. The predicted octanol–water partition coefficient (Wildman–Crippen LogP) is 2.77. The SMILES string of the molecule is O=c1[nH]c(C=Cc2csnn2)nc2sc(Br)cc12. The van der Waals surface area contributed by atoms with Gasteiger partial charge >= 0.3 is 0 Å². The number of fused-ring (bicyclic) bond motifs is 1. The van der Waals surface area contributed by atoms with Crippen molar-refractivity contribution in [1.82, 2.24) is 19.6 Å². The number of aromatic nitrogens is 4. The van der Waals surface area contributed by atoms with Crippen LogP contribution in [0.15, 0.2) is 20.0 Å². The van der Waals surface area contributed by atoms with Crippen molar-refractivity contribution in [3.63, 3.8) is 0 Å². The number of nitrogens with one attached hydrogen (secondary N) is 1. The topological polar surface area (TPSA) is 71.5 Å². The van der Waals surface area contributed by atoms with Crippen molar-refractivity contribution >= 4 is 61.2 Å². The largest absolute Gasteiger partial charge is 0.306 e. The lowest BCUT2D eigenvalue weighted by Crippen LogP contribution is -2.07. The smallest absolute Gasteiger partial charge is 0.259 e. The third-order valence-electron chi connectivity index (χ3n) is 2.18. The van der Waals surface area contributed by atoms with Crippen LogP contribution in [-0.4, -0.2) is 19.6 Å². The van der Waals surface area contributed by atoms with Crippen molar-refractivity contribution in [2.75, 3.05) is 0 Å². The number of aromatic amines is 1. The van der Waals surface area contributed by atoms with E-state index in [0.717, 1.165) is 9.48 Å². The van der Waals surface area contributed by atoms with E-state index in [-0.39, 0.29) is 5.56 Å². The fraction of sp³-hybridized carbons (Fsp3) is 0. The van der Waals surface area contributed by atoms with Gasteiger partial charge in [0.05, 0.1) is 14.9 Å². The summed E-state index contributed by atoms with van der Waals surface area (Å²) in [5.74, 6) is 0.509. The molecule has 3 aromatic heterocycles. The Morgan fingerprint density at radius 3 is 3.06 bits per heavy atom. The normalized spacial score (nSPS) is 11.6. The molecule has 0 amide bonds. The summed E-state index contributed by atoms with van der Waals surface area (Å²) in [6.45, 7) is 0. The maximum atomic E-state index is 11.8. The molecular formula is C10H5BrN4OS2. The standard InChI is InChI=1S/C10H5BrN4OS2/c11-7-3-6-9(16)12-8(13-10(6)18-7)2-1-5-4-17-15-14-5/h1-4H,(H,12,13,16). The van der Waals surface area contributed by atoms with Crippen molar-refractivity contribution < 1.29 is 0 Å². The van der Waals surface area contributed by atoms with Gasteiger partial charge in [-0.2, -0.15) is 0 Å². The molecule has 0 radical (unpaired) electrons. The number of halogens is 1. The van der Waals surface area contributed by atoms with Gasteiger partial charge in [0.25, 0.3) is 5.56 Å². The Morgan fingerprint density at radius 1 is 1.39 bits per heavy atom. The zero-order valence-corrected chi connectivity index (χ0v) is 12.0. The van der Waals surface area contributed by atoms with Gasteiger partial charge in [-0.15, -0.1) is 16.4 Å². The summed E-state index contributed by atoms with van der Waals surface area (Å²) in [5, 5.41) is 6.29. The van der Waals surface area contributed by atoms with Crippen LogP contribution in [0.1, 0.15) is 11.5 Å². The van der Waals surface area contributed by atoms with Gasteiger partial charge in [0.2, 0.25) is 0 Å². The van der Waals surface area contributed by atoms with Crippen LogP contribution in [0.3, 0.4) is 0 Å². The third kappa shape index (κ3) is 2.26. The summed E-state index contributed by atoms with van der Waals surface area (Å²) in [5.41, 5.74) is 0.605. The second-order valence-corrected chi connectivity index (χ2v) is 6.40. The summed E-state index contributed by atoms with van der Waals surface area (Å²) >= 11 is 6.05. The first kappa shape index (κ1) is 11.7. The molecule has 0 unspecified atom stereocenters. The van der Waals surface area contributed by atoms with Gasteiger partial charge in [0.1, 0.15) is 10.7 Å². The van der Waals surface area contributed by atoms with Crippen LogP contribution in [0.2, 0.25) is 0 Å². The average molecular weight is 341 g/mol. The van der Waals surface area contributed by atoms with Gasteiger partial charge in [0.15, 0.2) is 0 Å². The maximum absolute atomic E-state index is 11.8. The van der Waals surface area contributed by atoms with E-state index in [1.165, 1.54) is 22.9 Å². The van der Waals surface area contributed by atoms with E-state index < -0.39 is 0 Å². The van der Waals surface area contributed by atoms with Crippen LogP contribution >= 0.6 is 38.8 Å². The summed E-state index contributed by atoms with van der Waals surface area (Å²) < 4.78 is 4.64. The monoisotopic (exact) mass is 340 g/mol. The van der Waals surface area contributed by atoms with E-state index >= 15 is 0 Å². The van der Waals surface area contributed by atoms with Crippen LogP contribution < -0.4 is 5.56 Å². The molecule has 0 aliphatic carbocycles. The molecule has 1 N–H and O–H groups in total. The maximum Gasteiger partial charge on any atom is 0.259 e. The van der Waals surface area contributed by atoms with Gasteiger partial charge in [0, 0.05) is 5.38 Å². The molecule has 3 heterocycles. The molecule has 5 nitrogen and oxygen atoms in total. The number of thiophene rings is 1. The highest BCUT2D eigenvalue weighted by Gasteiger charge is 2.06. The van der Waals surface area contributed by atoms with Crippen molar-refractivity contribution in [2.45, 2.75) is 0 Å². The Hall–Kier alpha value is -1.38.